The molecule has 0 spiro atoms. The van der Waals surface area contributed by atoms with Crippen LogP contribution < -0.4 is 19.7 Å². The van der Waals surface area contributed by atoms with Crippen molar-refractivity contribution in [2.45, 2.75) is 6.92 Å². The maximum absolute atomic E-state index is 13.0. The van der Waals surface area contributed by atoms with Gasteiger partial charge in [-0.1, -0.05) is 0 Å². The molecule has 13 heteroatoms. The molecule has 2 fully saturated rings. The minimum atomic E-state index is -0.565. The molecule has 2 aliphatic heterocycles. The van der Waals surface area contributed by atoms with Gasteiger partial charge in [-0.2, -0.15) is 0 Å². The highest BCUT2D eigenvalue weighted by atomic mass is 127. The van der Waals surface area contributed by atoms with Gasteiger partial charge in [0.25, 0.3) is 11.1 Å². The molecule has 0 saturated carbocycles. The van der Waals surface area contributed by atoms with Gasteiger partial charge in [-0.3, -0.25) is 19.3 Å². The first-order chi connectivity index (χ1) is 19.3. The number of carbonyl (C=O) groups is 4. The Kier molecular flexibility index (Phi) is 10.3. The van der Waals surface area contributed by atoms with E-state index in [1.165, 1.54) is 7.11 Å². The number of carbonyl (C=O) groups excluding carboxylic acids is 4. The molecule has 2 heterocycles. The summed E-state index contributed by atoms with van der Waals surface area (Å²) in [5.74, 6) is -0.852. The third kappa shape index (κ3) is 7.46. The maximum Gasteiger partial charge on any atom is 0.344 e. The smallest absolute Gasteiger partial charge is 0.344 e. The zero-order valence-electron chi connectivity index (χ0n) is 21.9. The zero-order chi connectivity index (χ0) is 28.6. The standard InChI is InChI=1S/C27H28IN3O8S/c1-3-38-24(33)16-39-25-20(28)12-17(13-21(25)36-2)14-22-26(34)31(27(35)40-22)15-23(32)29-18-4-6-19(7-5-18)30-8-10-37-11-9-30/h4-7,12-14H,3,8-11,15-16H2,1-2H3,(H,29,32)/b22-14+. The van der Waals surface area contributed by atoms with Gasteiger partial charge in [-0.05, 0) is 89.3 Å². The minimum Gasteiger partial charge on any atom is -0.493 e. The Balaban J connectivity index is 1.39. The van der Waals surface area contributed by atoms with Gasteiger partial charge in [-0.25, -0.2) is 4.79 Å². The van der Waals surface area contributed by atoms with Crippen molar-refractivity contribution in [1.82, 2.24) is 4.90 Å². The van der Waals surface area contributed by atoms with Crippen LogP contribution in [0.2, 0.25) is 0 Å². The summed E-state index contributed by atoms with van der Waals surface area (Å²) in [6.07, 6.45) is 1.55. The topological polar surface area (TPSA) is 124 Å². The number of esters is 1. The van der Waals surface area contributed by atoms with Crippen LogP contribution in [0.25, 0.3) is 6.08 Å². The lowest BCUT2D eigenvalue weighted by atomic mass is 10.2. The Labute approximate surface area is 249 Å². The fourth-order valence-electron chi connectivity index (χ4n) is 4.01. The highest BCUT2D eigenvalue weighted by Crippen LogP contribution is 2.37. The van der Waals surface area contributed by atoms with E-state index in [0.29, 0.717) is 39.5 Å². The largest absolute Gasteiger partial charge is 0.493 e. The Morgan fingerprint density at radius 3 is 2.55 bits per heavy atom. The molecule has 2 saturated heterocycles. The Hall–Kier alpha value is -3.30. The van der Waals surface area contributed by atoms with Crippen LogP contribution in [0.5, 0.6) is 11.5 Å². The van der Waals surface area contributed by atoms with E-state index in [4.69, 9.17) is 18.9 Å². The van der Waals surface area contributed by atoms with Crippen LogP contribution in [0, 0.1) is 3.57 Å². The first-order valence-electron chi connectivity index (χ1n) is 12.4. The summed E-state index contributed by atoms with van der Waals surface area (Å²) in [7, 11) is 1.45. The number of halogens is 1. The molecule has 0 bridgehead atoms. The molecule has 0 aliphatic carbocycles. The number of ether oxygens (including phenoxy) is 4. The minimum absolute atomic E-state index is 0.172. The number of hydrogen-bond donors (Lipinski definition) is 1. The van der Waals surface area contributed by atoms with E-state index in [1.807, 2.05) is 34.7 Å². The van der Waals surface area contributed by atoms with Crippen LogP contribution in [0.1, 0.15) is 12.5 Å². The Bertz CT molecular complexity index is 1310. The highest BCUT2D eigenvalue weighted by molar-refractivity contribution is 14.1. The van der Waals surface area contributed by atoms with E-state index in [2.05, 4.69) is 10.2 Å². The highest BCUT2D eigenvalue weighted by Gasteiger charge is 2.36. The number of morpholine rings is 1. The number of amides is 3. The van der Waals surface area contributed by atoms with E-state index in [1.54, 1.807) is 37.3 Å². The second-order valence-corrected chi connectivity index (χ2v) is 10.7. The van der Waals surface area contributed by atoms with Crippen molar-refractivity contribution < 1.29 is 38.1 Å². The van der Waals surface area contributed by atoms with E-state index >= 15 is 0 Å². The van der Waals surface area contributed by atoms with Crippen LogP contribution in [-0.4, -0.2) is 81.1 Å². The summed E-state index contributed by atoms with van der Waals surface area (Å²) in [5.41, 5.74) is 2.18. The number of anilines is 2. The average molecular weight is 682 g/mol. The number of methoxy groups -OCH3 is 1. The summed E-state index contributed by atoms with van der Waals surface area (Å²) >= 11 is 2.78. The summed E-state index contributed by atoms with van der Waals surface area (Å²) in [4.78, 5) is 53.2. The molecule has 0 atom stereocenters. The third-order valence-corrected chi connectivity index (χ3v) is 7.60. The molecule has 0 radical (unpaired) electrons. The van der Waals surface area contributed by atoms with Crippen molar-refractivity contribution in [1.29, 1.82) is 0 Å². The molecule has 0 unspecified atom stereocenters. The number of thioether (sulfide) groups is 1. The Morgan fingerprint density at radius 2 is 1.88 bits per heavy atom. The zero-order valence-corrected chi connectivity index (χ0v) is 24.9. The fraction of sp³-hybridized carbons (Fsp3) is 0.333. The van der Waals surface area contributed by atoms with E-state index in [0.717, 1.165) is 35.4 Å². The molecular weight excluding hydrogens is 653 g/mol. The lowest BCUT2D eigenvalue weighted by Gasteiger charge is -2.28. The van der Waals surface area contributed by atoms with E-state index in [9.17, 15) is 19.2 Å². The molecule has 2 aliphatic rings. The molecule has 40 heavy (non-hydrogen) atoms. The van der Waals surface area contributed by atoms with Crippen molar-refractivity contribution in [3.8, 4) is 11.5 Å². The molecule has 2 aromatic carbocycles. The number of hydrogen-bond acceptors (Lipinski definition) is 10. The monoisotopic (exact) mass is 681 g/mol. The quantitative estimate of drug-likeness (QED) is 0.225. The normalized spacial score (nSPS) is 16.3. The van der Waals surface area contributed by atoms with Gasteiger partial charge in [0.1, 0.15) is 6.54 Å². The summed E-state index contributed by atoms with van der Waals surface area (Å²) in [6.45, 7) is 4.22. The van der Waals surface area contributed by atoms with E-state index < -0.39 is 29.6 Å². The first-order valence-corrected chi connectivity index (χ1v) is 14.3. The summed E-state index contributed by atoms with van der Waals surface area (Å²) in [6, 6.07) is 10.7. The second kappa shape index (κ2) is 13.9. The average Bonchev–Trinajstić information content (AvgIpc) is 3.20. The van der Waals surface area contributed by atoms with Gasteiger partial charge in [0.15, 0.2) is 18.1 Å². The van der Waals surface area contributed by atoms with Gasteiger partial charge in [0, 0.05) is 24.5 Å². The van der Waals surface area contributed by atoms with E-state index in [-0.39, 0.29) is 18.1 Å². The van der Waals surface area contributed by atoms with Crippen molar-refractivity contribution in [3.63, 3.8) is 0 Å². The van der Waals surface area contributed by atoms with Crippen LogP contribution in [0.15, 0.2) is 41.3 Å². The van der Waals surface area contributed by atoms with Crippen LogP contribution in [0.3, 0.4) is 0 Å². The lowest BCUT2D eigenvalue weighted by molar-refractivity contribution is -0.145. The van der Waals surface area contributed by atoms with Gasteiger partial charge in [0.05, 0.1) is 35.4 Å². The lowest BCUT2D eigenvalue weighted by Crippen LogP contribution is -2.36. The number of rotatable bonds is 10. The fourth-order valence-corrected chi connectivity index (χ4v) is 5.63. The van der Waals surface area contributed by atoms with Crippen molar-refractivity contribution in [2.24, 2.45) is 0 Å². The number of benzene rings is 2. The maximum atomic E-state index is 13.0. The Morgan fingerprint density at radius 1 is 1.15 bits per heavy atom. The van der Waals surface area contributed by atoms with Crippen molar-refractivity contribution in [2.75, 3.05) is 63.4 Å². The van der Waals surface area contributed by atoms with Crippen LogP contribution >= 0.6 is 34.4 Å². The molecule has 212 valence electrons. The van der Waals surface area contributed by atoms with Crippen LogP contribution in [0.4, 0.5) is 16.2 Å². The predicted octanol–water partition coefficient (Wildman–Crippen LogP) is 3.75. The third-order valence-electron chi connectivity index (χ3n) is 5.89. The summed E-state index contributed by atoms with van der Waals surface area (Å²) in [5, 5.41) is 2.20. The molecular formula is C27H28IN3O8S. The molecule has 1 N–H and O–H groups in total. The molecule has 3 amide bonds. The first kappa shape index (κ1) is 29.7. The molecule has 4 rings (SSSR count). The second-order valence-electron chi connectivity index (χ2n) is 8.59. The van der Waals surface area contributed by atoms with Gasteiger partial charge in [0.2, 0.25) is 5.91 Å². The van der Waals surface area contributed by atoms with Gasteiger partial charge < -0.3 is 29.2 Å². The SMILES string of the molecule is CCOC(=O)COc1c(I)cc(/C=C2/SC(=O)N(CC(=O)Nc3ccc(N4CCOCC4)cc3)C2=O)cc1OC. The number of imide groups is 1. The van der Waals surface area contributed by atoms with Crippen molar-refractivity contribution >= 4 is 74.8 Å². The summed E-state index contributed by atoms with van der Waals surface area (Å²) < 4.78 is 21.9. The van der Waals surface area contributed by atoms with Crippen molar-refractivity contribution in [3.05, 3.63) is 50.4 Å². The number of nitrogens with one attached hydrogen (secondary N) is 1. The van der Waals surface area contributed by atoms with Crippen LogP contribution in [-0.2, 0) is 23.9 Å². The molecule has 11 nitrogen and oxygen atoms in total. The molecule has 2 aromatic rings. The number of nitrogens with zero attached hydrogens (tertiary/aromatic N) is 2. The van der Waals surface area contributed by atoms with Gasteiger partial charge in [-0.15, -0.1) is 0 Å². The van der Waals surface area contributed by atoms with Gasteiger partial charge >= 0.3 is 5.97 Å². The molecule has 0 aromatic heterocycles. The predicted molar refractivity (Wildman–Crippen MR) is 159 cm³/mol.